The van der Waals surface area contributed by atoms with Gasteiger partial charge in [-0.2, -0.15) is 0 Å². The van der Waals surface area contributed by atoms with Gasteiger partial charge in [0.15, 0.2) is 0 Å². The van der Waals surface area contributed by atoms with Gasteiger partial charge in [-0.25, -0.2) is 0 Å². The highest BCUT2D eigenvalue weighted by Gasteiger charge is 2.25. The number of amides is 1. The quantitative estimate of drug-likeness (QED) is 0.789. The van der Waals surface area contributed by atoms with Crippen LogP contribution in [0.5, 0.6) is 0 Å². The van der Waals surface area contributed by atoms with Gasteiger partial charge in [0, 0.05) is 16.7 Å². The van der Waals surface area contributed by atoms with Crippen LogP contribution >= 0.6 is 23.1 Å². The summed E-state index contributed by atoms with van der Waals surface area (Å²) in [6.45, 7) is 0. The van der Waals surface area contributed by atoms with Gasteiger partial charge in [0.2, 0.25) is 5.91 Å². The third-order valence-corrected chi connectivity index (χ3v) is 4.85. The molecule has 0 bridgehead atoms. The van der Waals surface area contributed by atoms with Crippen LogP contribution in [-0.2, 0) is 15.3 Å². The summed E-state index contributed by atoms with van der Waals surface area (Å²) in [5.41, 5.74) is 0. The first kappa shape index (κ1) is 14.1. The average Bonchev–Trinajstić information content (AvgIpc) is 3.00. The molecule has 102 valence electrons. The van der Waals surface area contributed by atoms with E-state index in [1.54, 1.807) is 35.3 Å². The van der Waals surface area contributed by atoms with Crippen molar-refractivity contribution in [3.63, 3.8) is 0 Å². The van der Waals surface area contributed by atoms with E-state index in [-0.39, 0.29) is 11.9 Å². The summed E-state index contributed by atoms with van der Waals surface area (Å²) >= 11 is 3.25. The first-order chi connectivity index (χ1) is 9.15. The van der Waals surface area contributed by atoms with Crippen molar-refractivity contribution in [2.75, 3.05) is 5.75 Å². The van der Waals surface area contributed by atoms with Gasteiger partial charge >= 0.3 is 5.97 Å². The molecule has 6 heteroatoms. The smallest absolute Gasteiger partial charge is 0.310 e. The lowest BCUT2D eigenvalue weighted by atomic mass is 10.1. The molecule has 0 fully saturated rings. The molecule has 1 aliphatic rings. The second-order valence-corrected chi connectivity index (χ2v) is 6.33. The predicted octanol–water partition coefficient (Wildman–Crippen LogP) is 2.13. The highest BCUT2D eigenvalue weighted by Crippen LogP contribution is 2.19. The Kier molecular flexibility index (Phi) is 5.04. The zero-order valence-corrected chi connectivity index (χ0v) is 11.9. The number of carboxylic acids is 1. The molecule has 0 aromatic carbocycles. The number of thioether (sulfide) groups is 1. The van der Waals surface area contributed by atoms with Crippen molar-refractivity contribution in [1.29, 1.82) is 0 Å². The Morgan fingerprint density at radius 1 is 1.47 bits per heavy atom. The Labute approximate surface area is 119 Å². The van der Waals surface area contributed by atoms with Crippen LogP contribution in [-0.4, -0.2) is 28.8 Å². The van der Waals surface area contributed by atoms with Crippen LogP contribution in [0, 0.1) is 5.92 Å². The summed E-state index contributed by atoms with van der Waals surface area (Å²) < 4.78 is 0. The predicted molar refractivity (Wildman–Crippen MR) is 77.3 cm³/mol. The summed E-state index contributed by atoms with van der Waals surface area (Å²) in [4.78, 5) is 23.7. The van der Waals surface area contributed by atoms with Crippen LogP contribution in [0.3, 0.4) is 0 Å². The molecular formula is C13H15NO3S2. The number of aliphatic carboxylic acids is 1. The first-order valence-electron chi connectivity index (χ1n) is 5.96. The number of carbonyl (C=O) groups excluding carboxylic acids is 1. The molecule has 0 saturated carbocycles. The minimum absolute atomic E-state index is 0.0396. The molecule has 0 spiro atoms. The second-order valence-electron chi connectivity index (χ2n) is 4.31. The van der Waals surface area contributed by atoms with Crippen molar-refractivity contribution in [2.45, 2.75) is 18.2 Å². The summed E-state index contributed by atoms with van der Waals surface area (Å²) in [7, 11) is 0. The Bertz CT molecular complexity index is 470. The van der Waals surface area contributed by atoms with E-state index in [4.69, 9.17) is 5.11 Å². The van der Waals surface area contributed by atoms with E-state index < -0.39 is 11.9 Å². The Morgan fingerprint density at radius 2 is 2.32 bits per heavy atom. The standard InChI is InChI=1S/C13H15NO3S2/c15-12(8-18-7-11-2-1-5-19-11)14-10-4-3-9(6-10)13(16)17/h1-5,9-10H,6-8H2,(H,14,15)(H,16,17). The lowest BCUT2D eigenvalue weighted by Crippen LogP contribution is -2.34. The van der Waals surface area contributed by atoms with Crippen LogP contribution < -0.4 is 5.32 Å². The van der Waals surface area contributed by atoms with E-state index >= 15 is 0 Å². The molecule has 0 radical (unpaired) electrons. The molecule has 0 aliphatic heterocycles. The lowest BCUT2D eigenvalue weighted by molar-refractivity contribution is -0.140. The Balaban J connectivity index is 1.65. The minimum atomic E-state index is -0.833. The van der Waals surface area contributed by atoms with Gasteiger partial charge in [0.1, 0.15) is 0 Å². The number of rotatable bonds is 6. The van der Waals surface area contributed by atoms with Crippen LogP contribution in [0.25, 0.3) is 0 Å². The number of hydrogen-bond donors (Lipinski definition) is 2. The Morgan fingerprint density at radius 3 is 2.95 bits per heavy atom. The van der Waals surface area contributed by atoms with Crippen molar-refractivity contribution >= 4 is 35.0 Å². The van der Waals surface area contributed by atoms with Gasteiger partial charge in [0.05, 0.1) is 11.7 Å². The molecule has 2 N–H and O–H groups in total. The van der Waals surface area contributed by atoms with E-state index in [9.17, 15) is 9.59 Å². The van der Waals surface area contributed by atoms with Crippen molar-refractivity contribution in [2.24, 2.45) is 5.92 Å². The third-order valence-electron chi connectivity index (χ3n) is 2.80. The first-order valence-corrected chi connectivity index (χ1v) is 7.99. The molecule has 19 heavy (non-hydrogen) atoms. The van der Waals surface area contributed by atoms with Crippen molar-refractivity contribution in [3.8, 4) is 0 Å². The summed E-state index contributed by atoms with van der Waals surface area (Å²) in [6, 6.07) is 3.90. The van der Waals surface area contributed by atoms with Crippen molar-refractivity contribution in [1.82, 2.24) is 5.32 Å². The van der Waals surface area contributed by atoms with E-state index in [0.29, 0.717) is 12.2 Å². The molecule has 2 unspecified atom stereocenters. The third kappa shape index (κ3) is 4.40. The number of hydrogen-bond acceptors (Lipinski definition) is 4. The maximum Gasteiger partial charge on any atom is 0.310 e. The van der Waals surface area contributed by atoms with E-state index in [1.807, 2.05) is 17.5 Å². The number of carboxylic acid groups (broad SMARTS) is 1. The van der Waals surface area contributed by atoms with Crippen LogP contribution in [0.15, 0.2) is 29.7 Å². The topological polar surface area (TPSA) is 66.4 Å². The van der Waals surface area contributed by atoms with Crippen LogP contribution in [0.2, 0.25) is 0 Å². The second kappa shape index (κ2) is 6.77. The largest absolute Gasteiger partial charge is 0.481 e. The SMILES string of the molecule is O=C(CSCc1cccs1)NC1C=CC(C(=O)O)C1. The zero-order chi connectivity index (χ0) is 13.7. The summed E-state index contributed by atoms with van der Waals surface area (Å²) in [5, 5.41) is 13.7. The lowest BCUT2D eigenvalue weighted by Gasteiger charge is -2.11. The van der Waals surface area contributed by atoms with Crippen molar-refractivity contribution < 1.29 is 14.7 Å². The molecule has 4 nitrogen and oxygen atoms in total. The highest BCUT2D eigenvalue weighted by molar-refractivity contribution is 7.99. The summed E-state index contributed by atoms with van der Waals surface area (Å²) in [5.74, 6) is -0.102. The molecular weight excluding hydrogens is 282 g/mol. The number of carbonyl (C=O) groups is 2. The van der Waals surface area contributed by atoms with Gasteiger partial charge in [-0.05, 0) is 17.9 Å². The molecule has 1 aliphatic carbocycles. The monoisotopic (exact) mass is 297 g/mol. The fourth-order valence-corrected chi connectivity index (χ4v) is 3.56. The fourth-order valence-electron chi connectivity index (χ4n) is 1.88. The Hall–Kier alpha value is -1.27. The summed E-state index contributed by atoms with van der Waals surface area (Å²) in [6.07, 6.45) is 3.86. The van der Waals surface area contributed by atoms with E-state index in [0.717, 1.165) is 5.75 Å². The normalized spacial score (nSPS) is 21.5. The highest BCUT2D eigenvalue weighted by atomic mass is 32.2. The van der Waals surface area contributed by atoms with Gasteiger partial charge in [0.25, 0.3) is 0 Å². The molecule has 1 heterocycles. The minimum Gasteiger partial charge on any atom is -0.481 e. The van der Waals surface area contributed by atoms with E-state index in [1.165, 1.54) is 4.88 Å². The maximum absolute atomic E-state index is 11.7. The molecule has 2 atom stereocenters. The molecule has 1 amide bonds. The van der Waals surface area contributed by atoms with Gasteiger partial charge in [-0.3, -0.25) is 9.59 Å². The molecule has 2 rings (SSSR count). The van der Waals surface area contributed by atoms with Crippen LogP contribution in [0.1, 0.15) is 11.3 Å². The van der Waals surface area contributed by atoms with Crippen LogP contribution in [0.4, 0.5) is 0 Å². The fraction of sp³-hybridized carbons (Fsp3) is 0.385. The molecule has 1 aromatic heterocycles. The van der Waals surface area contributed by atoms with Gasteiger partial charge < -0.3 is 10.4 Å². The average molecular weight is 297 g/mol. The maximum atomic E-state index is 11.7. The zero-order valence-electron chi connectivity index (χ0n) is 10.2. The molecule has 0 saturated heterocycles. The van der Waals surface area contributed by atoms with Gasteiger partial charge in [-0.15, -0.1) is 23.1 Å². The number of thiophene rings is 1. The van der Waals surface area contributed by atoms with Gasteiger partial charge in [-0.1, -0.05) is 18.2 Å². The number of nitrogens with one attached hydrogen (secondary N) is 1. The van der Waals surface area contributed by atoms with E-state index in [2.05, 4.69) is 5.32 Å². The molecule has 1 aromatic rings. The van der Waals surface area contributed by atoms with Crippen molar-refractivity contribution in [3.05, 3.63) is 34.5 Å².